The largest absolute Gasteiger partial charge is 0.491 e. The van der Waals surface area contributed by atoms with Crippen LogP contribution in [0.5, 0.6) is 5.75 Å². The molecule has 1 aliphatic carbocycles. The molecule has 1 aromatic carbocycles. The van der Waals surface area contributed by atoms with Gasteiger partial charge in [0, 0.05) is 45.4 Å². The molecule has 1 atom stereocenters. The smallest absolute Gasteiger partial charge is 0.121 e. The topological polar surface area (TPSA) is 58.1 Å². The van der Waals surface area contributed by atoms with Crippen molar-refractivity contribution in [2.24, 2.45) is 0 Å². The number of rotatable bonds is 11. The van der Waals surface area contributed by atoms with Gasteiger partial charge in [-0.25, -0.2) is 4.98 Å². The lowest BCUT2D eigenvalue weighted by Gasteiger charge is -2.35. The third-order valence-corrected chi connectivity index (χ3v) is 7.57. The van der Waals surface area contributed by atoms with Crippen LogP contribution >= 0.6 is 11.3 Å². The second-order valence-electron chi connectivity index (χ2n) is 9.31. The molecule has 2 fully saturated rings. The van der Waals surface area contributed by atoms with Crippen LogP contribution in [0.1, 0.15) is 50.0 Å². The van der Waals surface area contributed by atoms with E-state index in [4.69, 9.17) is 9.47 Å². The fourth-order valence-electron chi connectivity index (χ4n) is 4.77. The van der Waals surface area contributed by atoms with E-state index < -0.39 is 6.10 Å². The molecule has 1 aromatic heterocycles. The highest BCUT2D eigenvalue weighted by Crippen LogP contribution is 2.25. The predicted octanol–water partition coefficient (Wildman–Crippen LogP) is 4.09. The van der Waals surface area contributed by atoms with Crippen molar-refractivity contribution in [1.82, 2.24) is 14.8 Å². The minimum absolute atomic E-state index is 0.315. The van der Waals surface area contributed by atoms with Crippen molar-refractivity contribution in [2.45, 2.75) is 64.1 Å². The molecule has 0 radical (unpaired) electrons. The number of ether oxygens (including phenoxy) is 2. The molecular formula is C25H39N3O3S. The van der Waals surface area contributed by atoms with Crippen molar-refractivity contribution in [3.8, 4) is 5.75 Å². The van der Waals surface area contributed by atoms with Gasteiger partial charge < -0.3 is 19.5 Å². The highest BCUT2D eigenvalue weighted by Gasteiger charge is 2.19. The molecule has 0 amide bonds. The number of aliphatic hydroxyl groups excluding tert-OH is 1. The number of aliphatic hydroxyl groups is 1. The molecule has 0 bridgehead atoms. The third-order valence-electron chi connectivity index (χ3n) is 6.62. The second-order valence-corrected chi connectivity index (χ2v) is 10.5. The van der Waals surface area contributed by atoms with Crippen LogP contribution in [0.3, 0.4) is 0 Å². The van der Waals surface area contributed by atoms with E-state index in [2.05, 4.69) is 14.8 Å². The Morgan fingerprint density at radius 3 is 2.69 bits per heavy atom. The molecule has 2 heterocycles. The van der Waals surface area contributed by atoms with Crippen molar-refractivity contribution in [2.75, 3.05) is 52.5 Å². The summed E-state index contributed by atoms with van der Waals surface area (Å²) in [4.78, 5) is 9.41. The maximum atomic E-state index is 10.4. The fraction of sp³-hybridized carbons (Fsp3) is 0.720. The average molecular weight is 462 g/mol. The summed E-state index contributed by atoms with van der Waals surface area (Å²) in [7, 11) is 0. The zero-order valence-corrected chi connectivity index (χ0v) is 20.3. The van der Waals surface area contributed by atoms with E-state index in [1.807, 2.05) is 25.1 Å². The summed E-state index contributed by atoms with van der Waals surface area (Å²) in [5.41, 5.74) is 0.969. The van der Waals surface area contributed by atoms with E-state index in [0.717, 1.165) is 55.6 Å². The number of unbranched alkanes of at least 4 members (excludes halogenated alkanes) is 1. The number of nitrogens with zero attached hydrogens (tertiary/aromatic N) is 3. The van der Waals surface area contributed by atoms with Crippen molar-refractivity contribution in [3.63, 3.8) is 0 Å². The lowest BCUT2D eigenvalue weighted by Crippen LogP contribution is -2.49. The number of fused-ring (bicyclic) bond motifs is 1. The van der Waals surface area contributed by atoms with Gasteiger partial charge in [-0.3, -0.25) is 4.90 Å². The number of hydrogen-bond acceptors (Lipinski definition) is 7. The highest BCUT2D eigenvalue weighted by atomic mass is 32.1. The number of aromatic nitrogens is 1. The zero-order valence-electron chi connectivity index (χ0n) is 19.5. The predicted molar refractivity (Wildman–Crippen MR) is 131 cm³/mol. The first kappa shape index (κ1) is 23.9. The summed E-state index contributed by atoms with van der Waals surface area (Å²) >= 11 is 1.69. The average Bonchev–Trinajstić information content (AvgIpc) is 3.18. The Kier molecular flexibility index (Phi) is 9.17. The summed E-state index contributed by atoms with van der Waals surface area (Å²) in [6, 6.07) is 5.97. The number of β-amino-alcohol motifs (C(OH)–C–C–N with tert-alkyl or cyclic N) is 1. The van der Waals surface area contributed by atoms with Crippen molar-refractivity contribution in [1.29, 1.82) is 0 Å². The van der Waals surface area contributed by atoms with E-state index in [1.54, 1.807) is 11.3 Å². The Balaban J connectivity index is 1.06. The van der Waals surface area contributed by atoms with Crippen LogP contribution < -0.4 is 4.74 Å². The first-order valence-electron chi connectivity index (χ1n) is 12.4. The van der Waals surface area contributed by atoms with Gasteiger partial charge >= 0.3 is 0 Å². The van der Waals surface area contributed by atoms with E-state index >= 15 is 0 Å². The molecule has 1 N–H and O–H groups in total. The van der Waals surface area contributed by atoms with Gasteiger partial charge in [0.15, 0.2) is 0 Å². The SMILES string of the molecule is Cc1nc2cc(OC[C@H](O)CN3CCN(CCCCOC4CCCCC4)CC3)ccc2s1. The van der Waals surface area contributed by atoms with Gasteiger partial charge in [-0.2, -0.15) is 0 Å². The van der Waals surface area contributed by atoms with Crippen molar-refractivity contribution in [3.05, 3.63) is 23.2 Å². The molecule has 178 valence electrons. The van der Waals surface area contributed by atoms with Gasteiger partial charge in [0.25, 0.3) is 0 Å². The van der Waals surface area contributed by atoms with Gasteiger partial charge in [-0.15, -0.1) is 11.3 Å². The summed E-state index contributed by atoms with van der Waals surface area (Å²) in [5.74, 6) is 0.777. The summed E-state index contributed by atoms with van der Waals surface area (Å²) in [6.45, 7) is 9.27. The minimum Gasteiger partial charge on any atom is -0.491 e. The normalized spacial score (nSPS) is 20.1. The van der Waals surface area contributed by atoms with E-state index in [-0.39, 0.29) is 0 Å². The fourth-order valence-corrected chi connectivity index (χ4v) is 5.58. The first-order valence-corrected chi connectivity index (χ1v) is 13.2. The van der Waals surface area contributed by atoms with Crippen LogP contribution in [0.15, 0.2) is 18.2 Å². The maximum absolute atomic E-state index is 10.4. The van der Waals surface area contributed by atoms with Gasteiger partial charge in [0.1, 0.15) is 18.5 Å². The van der Waals surface area contributed by atoms with Crippen molar-refractivity contribution < 1.29 is 14.6 Å². The summed E-state index contributed by atoms with van der Waals surface area (Å²) in [5, 5.41) is 11.5. The summed E-state index contributed by atoms with van der Waals surface area (Å²) < 4.78 is 13.0. The molecule has 0 spiro atoms. The van der Waals surface area contributed by atoms with Gasteiger partial charge in [0.05, 0.1) is 21.3 Å². The Morgan fingerprint density at radius 1 is 1.09 bits per heavy atom. The quantitative estimate of drug-likeness (QED) is 0.509. The summed E-state index contributed by atoms with van der Waals surface area (Å²) in [6.07, 6.45) is 9.03. The Labute approximate surface area is 196 Å². The number of benzene rings is 1. The van der Waals surface area contributed by atoms with Gasteiger partial charge in [0.2, 0.25) is 0 Å². The number of thiazole rings is 1. The number of piperazine rings is 1. The van der Waals surface area contributed by atoms with Crippen LogP contribution in [0.4, 0.5) is 0 Å². The Hall–Kier alpha value is -1.25. The van der Waals surface area contributed by atoms with Gasteiger partial charge in [-0.1, -0.05) is 19.3 Å². The van der Waals surface area contributed by atoms with Crippen LogP contribution in [0.25, 0.3) is 10.2 Å². The van der Waals surface area contributed by atoms with Crippen LogP contribution in [0.2, 0.25) is 0 Å². The maximum Gasteiger partial charge on any atom is 0.121 e. The molecule has 2 aliphatic rings. The number of aryl methyl sites for hydroxylation is 1. The molecular weight excluding hydrogens is 422 g/mol. The van der Waals surface area contributed by atoms with E-state index in [9.17, 15) is 5.11 Å². The minimum atomic E-state index is -0.480. The lowest BCUT2D eigenvalue weighted by atomic mass is 9.98. The van der Waals surface area contributed by atoms with E-state index in [1.165, 1.54) is 49.6 Å². The molecule has 1 saturated heterocycles. The molecule has 32 heavy (non-hydrogen) atoms. The van der Waals surface area contributed by atoms with Crippen molar-refractivity contribution >= 4 is 21.6 Å². The molecule has 1 saturated carbocycles. The zero-order chi connectivity index (χ0) is 22.2. The molecule has 4 rings (SSSR count). The second kappa shape index (κ2) is 12.3. The highest BCUT2D eigenvalue weighted by molar-refractivity contribution is 7.18. The first-order chi connectivity index (χ1) is 15.7. The van der Waals surface area contributed by atoms with Crippen LogP contribution in [-0.4, -0.2) is 84.6 Å². The molecule has 2 aromatic rings. The molecule has 0 unspecified atom stereocenters. The van der Waals surface area contributed by atoms with Crippen LogP contribution in [-0.2, 0) is 4.74 Å². The van der Waals surface area contributed by atoms with E-state index in [0.29, 0.717) is 19.3 Å². The monoisotopic (exact) mass is 461 g/mol. The molecule has 1 aliphatic heterocycles. The van der Waals surface area contributed by atoms with Gasteiger partial charge in [-0.05, 0) is 51.3 Å². The third kappa shape index (κ3) is 7.39. The Bertz CT molecular complexity index is 816. The lowest BCUT2D eigenvalue weighted by molar-refractivity contribution is 0.0235. The molecule has 6 nitrogen and oxygen atoms in total. The Morgan fingerprint density at radius 2 is 1.88 bits per heavy atom. The number of hydrogen-bond donors (Lipinski definition) is 1. The molecule has 7 heteroatoms. The van der Waals surface area contributed by atoms with Crippen LogP contribution in [0, 0.1) is 6.92 Å². The standard InChI is InChI=1S/C25H39N3O3S/c1-20-26-24-17-23(9-10-25(24)32-20)31-19-21(29)18-28-14-12-27(13-15-28)11-5-6-16-30-22-7-3-2-4-8-22/h9-10,17,21-22,29H,2-8,11-16,18-19H2,1H3/t21-/m1/s1.